The molecule has 0 radical (unpaired) electrons. The summed E-state index contributed by atoms with van der Waals surface area (Å²) >= 11 is 11.3. The second-order valence-corrected chi connectivity index (χ2v) is 2.97. The maximum Gasteiger partial charge on any atom is 0.174 e. The van der Waals surface area contributed by atoms with Gasteiger partial charge >= 0.3 is 0 Å². The fourth-order valence-electron chi connectivity index (χ4n) is 0.659. The largest absolute Gasteiger partial charge is 0.230 e. The van der Waals surface area contributed by atoms with Gasteiger partial charge < -0.3 is 0 Å². The maximum atomic E-state index is 5.72. The smallest absolute Gasteiger partial charge is 0.174 e. The van der Waals surface area contributed by atoms with E-state index < -0.39 is 0 Å². The number of nitrogens with zero attached hydrogens (tertiary/aromatic N) is 3. The second kappa shape index (κ2) is 2.76. The normalized spacial score (nSPS) is 13.6. The molecule has 1 atom stereocenters. The van der Waals surface area contributed by atoms with Crippen LogP contribution in [0.2, 0.25) is 5.15 Å². The molecule has 0 aliphatic heterocycles. The Labute approximate surface area is 68.9 Å². The summed E-state index contributed by atoms with van der Waals surface area (Å²) in [4.78, 5) is 0. The molecule has 3 nitrogen and oxygen atoms in total. The molecule has 0 aliphatic carbocycles. The Balaban J connectivity index is 3.05. The Hall–Kier alpha value is -0.280. The van der Waals surface area contributed by atoms with Crippen LogP contribution in [0.1, 0.15) is 18.1 Å². The Morgan fingerprint density at radius 1 is 1.60 bits per heavy atom. The predicted molar refractivity (Wildman–Crippen MR) is 40.3 cm³/mol. The molecule has 10 heavy (non-hydrogen) atoms. The van der Waals surface area contributed by atoms with Gasteiger partial charge in [-0.3, -0.25) is 0 Å². The lowest BCUT2D eigenvalue weighted by atomic mass is 10.5. The molecule has 0 saturated heterocycles. The van der Waals surface area contributed by atoms with E-state index in [0.29, 0.717) is 5.15 Å². The van der Waals surface area contributed by atoms with Gasteiger partial charge in [0.1, 0.15) is 5.50 Å². The van der Waals surface area contributed by atoms with E-state index >= 15 is 0 Å². The Morgan fingerprint density at radius 2 is 2.20 bits per heavy atom. The van der Waals surface area contributed by atoms with Gasteiger partial charge in [-0.1, -0.05) is 28.4 Å². The van der Waals surface area contributed by atoms with Crippen LogP contribution in [-0.2, 0) is 0 Å². The number of aromatic nitrogens is 3. The van der Waals surface area contributed by atoms with E-state index in [4.69, 9.17) is 23.2 Å². The fourth-order valence-corrected chi connectivity index (χ4v) is 0.965. The standard InChI is InChI=1S/C5H7Cl2N3/c1-3-5(7)8-9-10(3)4(2)6/h4H,1-2H3. The van der Waals surface area contributed by atoms with Crippen LogP contribution in [0, 0.1) is 6.92 Å². The molecule has 0 fully saturated rings. The van der Waals surface area contributed by atoms with Crippen molar-refractivity contribution in [1.82, 2.24) is 15.0 Å². The molecule has 56 valence electrons. The van der Waals surface area contributed by atoms with E-state index in [2.05, 4.69) is 10.3 Å². The van der Waals surface area contributed by atoms with Crippen molar-refractivity contribution in [3.05, 3.63) is 10.8 Å². The Kier molecular flexibility index (Phi) is 2.16. The van der Waals surface area contributed by atoms with E-state index in [-0.39, 0.29) is 5.50 Å². The minimum absolute atomic E-state index is 0.194. The first kappa shape index (κ1) is 7.82. The number of hydrogen-bond donors (Lipinski definition) is 0. The molecule has 1 aromatic rings. The van der Waals surface area contributed by atoms with Crippen LogP contribution in [0.15, 0.2) is 0 Å². The van der Waals surface area contributed by atoms with Gasteiger partial charge in [0.05, 0.1) is 5.69 Å². The number of hydrogen-bond acceptors (Lipinski definition) is 2. The van der Waals surface area contributed by atoms with Gasteiger partial charge in [-0.2, -0.15) is 0 Å². The van der Waals surface area contributed by atoms with Crippen molar-refractivity contribution < 1.29 is 0 Å². The predicted octanol–water partition coefficient (Wildman–Crippen LogP) is 2.00. The van der Waals surface area contributed by atoms with Crippen LogP contribution in [0.5, 0.6) is 0 Å². The summed E-state index contributed by atoms with van der Waals surface area (Å²) < 4.78 is 1.56. The highest BCUT2D eigenvalue weighted by atomic mass is 35.5. The highest BCUT2D eigenvalue weighted by Crippen LogP contribution is 2.16. The lowest BCUT2D eigenvalue weighted by Gasteiger charge is -2.02. The molecule has 0 aromatic carbocycles. The summed E-state index contributed by atoms with van der Waals surface area (Å²) in [6.45, 7) is 3.63. The molecule has 1 unspecified atom stereocenters. The summed E-state index contributed by atoms with van der Waals surface area (Å²) in [6, 6.07) is 0. The average molecular weight is 180 g/mol. The molecule has 0 amide bonds. The van der Waals surface area contributed by atoms with Crippen molar-refractivity contribution in [2.24, 2.45) is 0 Å². The molecule has 0 N–H and O–H groups in total. The van der Waals surface area contributed by atoms with Gasteiger partial charge in [0.15, 0.2) is 5.15 Å². The molecule has 0 aliphatic rings. The van der Waals surface area contributed by atoms with Crippen LogP contribution >= 0.6 is 23.2 Å². The summed E-state index contributed by atoms with van der Waals surface area (Å²) in [5, 5.41) is 7.76. The highest BCUT2D eigenvalue weighted by molar-refractivity contribution is 6.30. The molecule has 1 heterocycles. The van der Waals surface area contributed by atoms with Crippen LogP contribution in [0.25, 0.3) is 0 Å². The summed E-state index contributed by atoms with van der Waals surface area (Å²) in [6.07, 6.45) is 0. The van der Waals surface area contributed by atoms with E-state index in [1.807, 2.05) is 6.92 Å². The number of rotatable bonds is 1. The third kappa shape index (κ3) is 1.25. The van der Waals surface area contributed by atoms with Gasteiger partial charge in [-0.05, 0) is 13.8 Å². The SMILES string of the molecule is Cc1c(Cl)nnn1C(C)Cl. The van der Waals surface area contributed by atoms with Crippen molar-refractivity contribution >= 4 is 23.2 Å². The minimum atomic E-state index is -0.194. The van der Waals surface area contributed by atoms with Crippen molar-refractivity contribution in [2.45, 2.75) is 19.3 Å². The third-order valence-electron chi connectivity index (χ3n) is 1.21. The van der Waals surface area contributed by atoms with Crippen LogP contribution in [-0.4, -0.2) is 15.0 Å². The first-order chi connectivity index (χ1) is 4.63. The monoisotopic (exact) mass is 179 g/mol. The first-order valence-electron chi connectivity index (χ1n) is 2.84. The van der Waals surface area contributed by atoms with E-state index in [1.54, 1.807) is 11.6 Å². The molecule has 0 bridgehead atoms. The minimum Gasteiger partial charge on any atom is -0.230 e. The van der Waals surface area contributed by atoms with Gasteiger partial charge in [-0.25, -0.2) is 4.68 Å². The van der Waals surface area contributed by atoms with Crippen molar-refractivity contribution in [1.29, 1.82) is 0 Å². The zero-order valence-electron chi connectivity index (χ0n) is 5.67. The van der Waals surface area contributed by atoms with Crippen LogP contribution in [0.4, 0.5) is 0 Å². The fraction of sp³-hybridized carbons (Fsp3) is 0.600. The molecule has 1 aromatic heterocycles. The lowest BCUT2D eigenvalue weighted by molar-refractivity contribution is 0.589. The highest BCUT2D eigenvalue weighted by Gasteiger charge is 2.08. The molecule has 5 heteroatoms. The van der Waals surface area contributed by atoms with Crippen LogP contribution < -0.4 is 0 Å². The number of halogens is 2. The number of alkyl halides is 1. The lowest BCUT2D eigenvalue weighted by Crippen LogP contribution is -2.02. The summed E-state index contributed by atoms with van der Waals surface area (Å²) in [5.41, 5.74) is 0.601. The van der Waals surface area contributed by atoms with Gasteiger partial charge in [0, 0.05) is 0 Å². The van der Waals surface area contributed by atoms with Gasteiger partial charge in [0.2, 0.25) is 0 Å². The van der Waals surface area contributed by atoms with Gasteiger partial charge in [0.25, 0.3) is 0 Å². The van der Waals surface area contributed by atoms with Crippen molar-refractivity contribution in [3.63, 3.8) is 0 Å². The maximum absolute atomic E-state index is 5.72. The zero-order valence-corrected chi connectivity index (χ0v) is 7.19. The first-order valence-corrected chi connectivity index (χ1v) is 3.65. The van der Waals surface area contributed by atoms with E-state index in [1.165, 1.54) is 0 Å². The van der Waals surface area contributed by atoms with E-state index in [0.717, 1.165) is 5.69 Å². The van der Waals surface area contributed by atoms with Crippen LogP contribution in [0.3, 0.4) is 0 Å². The molecular formula is C5H7Cl2N3. The second-order valence-electron chi connectivity index (χ2n) is 1.98. The molecule has 0 spiro atoms. The molecule has 0 saturated carbocycles. The summed E-state index contributed by atoms with van der Waals surface area (Å²) in [7, 11) is 0. The quantitative estimate of drug-likeness (QED) is 0.618. The third-order valence-corrected chi connectivity index (χ3v) is 1.74. The molecule has 1 rings (SSSR count). The zero-order chi connectivity index (χ0) is 7.72. The Bertz CT molecular complexity index is 231. The van der Waals surface area contributed by atoms with Crippen molar-refractivity contribution in [3.8, 4) is 0 Å². The van der Waals surface area contributed by atoms with Crippen molar-refractivity contribution in [2.75, 3.05) is 0 Å². The van der Waals surface area contributed by atoms with Gasteiger partial charge in [-0.15, -0.1) is 5.10 Å². The topological polar surface area (TPSA) is 30.7 Å². The van der Waals surface area contributed by atoms with E-state index in [9.17, 15) is 0 Å². The molecular weight excluding hydrogens is 173 g/mol. The average Bonchev–Trinajstić information content (AvgIpc) is 2.14. The Morgan fingerprint density at radius 3 is 2.40 bits per heavy atom. The summed E-state index contributed by atoms with van der Waals surface area (Å²) in [5.74, 6) is 0.